The number of hydrogen-bond donors (Lipinski definition) is 2. The fourth-order valence-electron chi connectivity index (χ4n) is 2.43. The molecule has 0 saturated heterocycles. The number of anilines is 2. The first-order valence-corrected chi connectivity index (χ1v) is 12.4. The Kier molecular flexibility index (Phi) is 6.85. The van der Waals surface area contributed by atoms with Crippen LogP contribution in [-0.2, 0) is 32.6 Å². The maximum absolute atomic E-state index is 12.3. The van der Waals surface area contributed by atoms with Gasteiger partial charge in [-0.3, -0.25) is 9.52 Å². The van der Waals surface area contributed by atoms with Gasteiger partial charge in [0.05, 0.1) is 24.1 Å². The molecule has 158 valence electrons. The van der Waals surface area contributed by atoms with Gasteiger partial charge in [0.15, 0.2) is 0 Å². The Bertz CT molecular complexity index is 1150. The molecule has 2 N–H and O–H groups in total. The van der Waals surface area contributed by atoms with Crippen molar-refractivity contribution in [3.8, 4) is 0 Å². The van der Waals surface area contributed by atoms with E-state index < -0.39 is 16.0 Å². The molecule has 3 aromatic rings. The number of thiophene rings is 1. The van der Waals surface area contributed by atoms with Crippen molar-refractivity contribution in [3.63, 3.8) is 0 Å². The lowest BCUT2D eigenvalue weighted by atomic mass is 10.2. The van der Waals surface area contributed by atoms with Crippen LogP contribution in [0.15, 0.2) is 41.1 Å². The Morgan fingerprint density at radius 3 is 2.57 bits per heavy atom. The Hall–Kier alpha value is -2.76. The van der Waals surface area contributed by atoms with Crippen LogP contribution in [-0.4, -0.2) is 31.5 Å². The second kappa shape index (κ2) is 9.37. The number of thiazole rings is 1. The minimum atomic E-state index is -3.50. The standard InChI is InChI=1S/C19H19N3O5S3/c1-12-3-5-13(6-4-12)20-16(23)9-17-21-14(11-29-17)10-27-19(24)18-15(7-8-28-18)22-30(2,25)26/h3-8,11,22H,9-10H2,1-2H3,(H,20,23). The Morgan fingerprint density at radius 1 is 1.13 bits per heavy atom. The molecule has 0 aliphatic rings. The molecular formula is C19H19N3O5S3. The minimum Gasteiger partial charge on any atom is -0.455 e. The van der Waals surface area contributed by atoms with Crippen LogP contribution >= 0.6 is 22.7 Å². The monoisotopic (exact) mass is 465 g/mol. The van der Waals surface area contributed by atoms with Crippen molar-refractivity contribution in [1.82, 2.24) is 4.98 Å². The van der Waals surface area contributed by atoms with E-state index in [1.807, 2.05) is 31.2 Å². The third kappa shape index (κ3) is 6.37. The molecule has 0 unspecified atom stereocenters. The smallest absolute Gasteiger partial charge is 0.350 e. The van der Waals surface area contributed by atoms with Crippen LogP contribution in [0.25, 0.3) is 0 Å². The van der Waals surface area contributed by atoms with Crippen LogP contribution in [0.1, 0.15) is 25.9 Å². The molecule has 0 spiro atoms. The van der Waals surface area contributed by atoms with Gasteiger partial charge in [-0.05, 0) is 30.5 Å². The van der Waals surface area contributed by atoms with Crippen molar-refractivity contribution < 1.29 is 22.7 Å². The van der Waals surface area contributed by atoms with E-state index in [1.165, 1.54) is 17.4 Å². The fourth-order valence-corrected chi connectivity index (χ4v) is 4.58. The Balaban J connectivity index is 1.53. The number of rotatable bonds is 8. The predicted octanol–water partition coefficient (Wildman–Crippen LogP) is 3.42. The SMILES string of the molecule is Cc1ccc(NC(=O)Cc2nc(COC(=O)c3sccc3NS(C)(=O)=O)cs2)cc1. The molecule has 30 heavy (non-hydrogen) atoms. The highest BCUT2D eigenvalue weighted by Gasteiger charge is 2.18. The largest absolute Gasteiger partial charge is 0.455 e. The quantitative estimate of drug-likeness (QED) is 0.493. The van der Waals surface area contributed by atoms with Gasteiger partial charge >= 0.3 is 5.97 Å². The van der Waals surface area contributed by atoms with Gasteiger partial charge in [0.25, 0.3) is 0 Å². The number of carbonyl (C=O) groups excluding carboxylic acids is 2. The zero-order valence-corrected chi connectivity index (χ0v) is 18.6. The van der Waals surface area contributed by atoms with E-state index in [2.05, 4.69) is 15.0 Å². The number of hydrogen-bond acceptors (Lipinski definition) is 8. The molecule has 0 fully saturated rings. The van der Waals surface area contributed by atoms with E-state index in [1.54, 1.807) is 10.8 Å². The van der Waals surface area contributed by atoms with Gasteiger partial charge < -0.3 is 10.1 Å². The van der Waals surface area contributed by atoms with Crippen molar-refractivity contribution in [3.05, 3.63) is 62.2 Å². The summed E-state index contributed by atoms with van der Waals surface area (Å²) in [6.07, 6.45) is 1.12. The molecule has 1 amide bonds. The maximum atomic E-state index is 12.3. The molecule has 11 heteroatoms. The number of ether oxygens (including phenoxy) is 1. The first-order chi connectivity index (χ1) is 14.2. The second-order valence-electron chi connectivity index (χ2n) is 6.44. The predicted molar refractivity (Wildman–Crippen MR) is 118 cm³/mol. The molecule has 0 atom stereocenters. The van der Waals surface area contributed by atoms with E-state index in [-0.39, 0.29) is 29.5 Å². The number of aromatic nitrogens is 1. The first-order valence-electron chi connectivity index (χ1n) is 8.72. The van der Waals surface area contributed by atoms with Crippen molar-refractivity contribution in [2.75, 3.05) is 16.3 Å². The molecule has 8 nitrogen and oxygen atoms in total. The van der Waals surface area contributed by atoms with Gasteiger partial charge in [-0.25, -0.2) is 18.2 Å². The average molecular weight is 466 g/mol. The van der Waals surface area contributed by atoms with Gasteiger partial charge in [-0.1, -0.05) is 17.7 Å². The van der Waals surface area contributed by atoms with Crippen molar-refractivity contribution in [2.45, 2.75) is 20.0 Å². The van der Waals surface area contributed by atoms with Crippen LogP contribution < -0.4 is 10.0 Å². The average Bonchev–Trinajstić information content (AvgIpc) is 3.29. The van der Waals surface area contributed by atoms with Crippen molar-refractivity contribution in [1.29, 1.82) is 0 Å². The summed E-state index contributed by atoms with van der Waals surface area (Å²) in [6, 6.07) is 8.98. The van der Waals surface area contributed by atoms with Crippen LogP contribution in [0.3, 0.4) is 0 Å². The molecular weight excluding hydrogens is 446 g/mol. The highest BCUT2D eigenvalue weighted by molar-refractivity contribution is 7.92. The number of aryl methyl sites for hydroxylation is 1. The van der Waals surface area contributed by atoms with E-state index in [0.29, 0.717) is 16.4 Å². The van der Waals surface area contributed by atoms with Crippen LogP contribution in [0.2, 0.25) is 0 Å². The number of esters is 1. The summed E-state index contributed by atoms with van der Waals surface area (Å²) in [5, 5.41) is 6.72. The summed E-state index contributed by atoms with van der Waals surface area (Å²) >= 11 is 2.38. The lowest BCUT2D eigenvalue weighted by molar-refractivity contribution is -0.115. The van der Waals surface area contributed by atoms with Crippen LogP contribution in [0.4, 0.5) is 11.4 Å². The zero-order chi connectivity index (χ0) is 21.7. The lowest BCUT2D eigenvalue weighted by Crippen LogP contribution is -2.14. The Labute approximate surface area is 182 Å². The number of benzene rings is 1. The molecule has 1 aromatic carbocycles. The maximum Gasteiger partial charge on any atom is 0.350 e. The highest BCUT2D eigenvalue weighted by Crippen LogP contribution is 2.24. The van der Waals surface area contributed by atoms with E-state index in [0.717, 1.165) is 23.2 Å². The number of nitrogens with one attached hydrogen (secondary N) is 2. The van der Waals surface area contributed by atoms with Crippen molar-refractivity contribution >= 4 is 55.9 Å². The molecule has 0 aliphatic heterocycles. The fraction of sp³-hybridized carbons (Fsp3) is 0.211. The van der Waals surface area contributed by atoms with Gasteiger partial charge in [0.2, 0.25) is 15.9 Å². The normalized spacial score (nSPS) is 11.1. The van der Waals surface area contributed by atoms with Crippen LogP contribution in [0.5, 0.6) is 0 Å². The molecule has 3 rings (SSSR count). The summed E-state index contributed by atoms with van der Waals surface area (Å²) < 4.78 is 30.3. The molecule has 2 aromatic heterocycles. The topological polar surface area (TPSA) is 114 Å². The molecule has 0 radical (unpaired) electrons. The first kappa shape index (κ1) is 21.9. The lowest BCUT2D eigenvalue weighted by Gasteiger charge is -2.05. The van der Waals surface area contributed by atoms with Gasteiger partial charge in [-0.15, -0.1) is 22.7 Å². The summed E-state index contributed by atoms with van der Waals surface area (Å²) in [4.78, 5) is 28.9. The van der Waals surface area contributed by atoms with Gasteiger partial charge in [0, 0.05) is 11.1 Å². The molecule has 0 bridgehead atoms. The second-order valence-corrected chi connectivity index (χ2v) is 10.0. The molecule has 0 saturated carbocycles. The number of amides is 1. The minimum absolute atomic E-state index is 0.0782. The third-order valence-electron chi connectivity index (χ3n) is 3.74. The summed E-state index contributed by atoms with van der Waals surface area (Å²) in [7, 11) is -3.50. The summed E-state index contributed by atoms with van der Waals surface area (Å²) in [6.45, 7) is 1.89. The summed E-state index contributed by atoms with van der Waals surface area (Å²) in [5.41, 5.74) is 2.51. The number of nitrogens with zero attached hydrogens (tertiary/aromatic N) is 1. The van der Waals surface area contributed by atoms with E-state index in [9.17, 15) is 18.0 Å². The Morgan fingerprint density at radius 2 is 1.87 bits per heavy atom. The zero-order valence-electron chi connectivity index (χ0n) is 16.2. The van der Waals surface area contributed by atoms with Crippen molar-refractivity contribution in [2.24, 2.45) is 0 Å². The molecule has 2 heterocycles. The highest BCUT2D eigenvalue weighted by atomic mass is 32.2. The van der Waals surface area contributed by atoms with Gasteiger partial charge in [-0.2, -0.15) is 0 Å². The van der Waals surface area contributed by atoms with E-state index in [4.69, 9.17) is 4.74 Å². The van der Waals surface area contributed by atoms with Crippen LogP contribution in [0, 0.1) is 6.92 Å². The number of carbonyl (C=O) groups is 2. The molecule has 0 aliphatic carbocycles. The third-order valence-corrected chi connectivity index (χ3v) is 6.13. The number of sulfonamides is 1. The summed E-state index contributed by atoms with van der Waals surface area (Å²) in [5.74, 6) is -0.838. The van der Waals surface area contributed by atoms with E-state index >= 15 is 0 Å². The van der Waals surface area contributed by atoms with Gasteiger partial charge in [0.1, 0.15) is 16.5 Å².